The monoisotopic (exact) mass is 212 g/mol. The molecule has 0 aliphatic carbocycles. The van der Waals surface area contributed by atoms with Gasteiger partial charge >= 0.3 is 0 Å². The Bertz CT molecular complexity index is 506. The Morgan fingerprint density at radius 1 is 1.00 bits per heavy atom. The normalized spacial score (nSPS) is 10.8. The first-order chi connectivity index (χ1) is 7.75. The number of azo groups is 1. The summed E-state index contributed by atoms with van der Waals surface area (Å²) < 4.78 is 0. The quantitative estimate of drug-likeness (QED) is 0.775. The summed E-state index contributed by atoms with van der Waals surface area (Å²) in [5.41, 5.74) is 7.98. The summed E-state index contributed by atoms with van der Waals surface area (Å²) in [5.74, 6) is 0.402. The van der Waals surface area contributed by atoms with E-state index in [9.17, 15) is 0 Å². The first-order valence-electron chi connectivity index (χ1n) is 4.95. The molecular formula is C12H12N4. The Balaban J connectivity index is 2.24. The van der Waals surface area contributed by atoms with Crippen LogP contribution >= 0.6 is 0 Å². The van der Waals surface area contributed by atoms with Gasteiger partial charge in [0.25, 0.3) is 0 Å². The van der Waals surface area contributed by atoms with E-state index in [1.165, 1.54) is 0 Å². The Morgan fingerprint density at radius 3 is 2.44 bits per heavy atom. The number of anilines is 1. The van der Waals surface area contributed by atoms with Gasteiger partial charge < -0.3 is 5.73 Å². The lowest BCUT2D eigenvalue weighted by Crippen LogP contribution is -1.91. The SMILES string of the molecule is Cc1ccc(/N=N/c2ccccc2)c(N)n1. The van der Waals surface area contributed by atoms with Crippen LogP contribution in [0.3, 0.4) is 0 Å². The molecule has 0 saturated carbocycles. The second-order valence-electron chi connectivity index (χ2n) is 3.39. The molecule has 0 bridgehead atoms. The molecule has 0 saturated heterocycles. The fourth-order valence-corrected chi connectivity index (χ4v) is 1.26. The van der Waals surface area contributed by atoms with Crippen molar-refractivity contribution in [3.05, 3.63) is 48.2 Å². The van der Waals surface area contributed by atoms with Crippen molar-refractivity contribution in [1.29, 1.82) is 0 Å². The predicted octanol–water partition coefficient (Wildman–Crippen LogP) is 3.39. The zero-order valence-electron chi connectivity index (χ0n) is 8.96. The highest BCUT2D eigenvalue weighted by molar-refractivity contribution is 5.57. The molecule has 0 radical (unpaired) electrons. The zero-order chi connectivity index (χ0) is 11.4. The standard InChI is InChI=1S/C12H12N4/c1-9-7-8-11(12(13)14-9)16-15-10-5-3-2-4-6-10/h2-8H,1H3,(H2,13,14)/b16-15+. The average Bonchev–Trinajstić information content (AvgIpc) is 2.29. The number of benzene rings is 1. The third kappa shape index (κ3) is 2.42. The molecule has 80 valence electrons. The number of pyridine rings is 1. The lowest BCUT2D eigenvalue weighted by molar-refractivity contribution is 1.16. The maximum atomic E-state index is 5.72. The molecule has 0 atom stereocenters. The molecule has 2 rings (SSSR count). The van der Waals surface area contributed by atoms with E-state index in [0.29, 0.717) is 11.5 Å². The van der Waals surface area contributed by atoms with Gasteiger partial charge in [-0.2, -0.15) is 5.11 Å². The van der Waals surface area contributed by atoms with Crippen LogP contribution in [0.2, 0.25) is 0 Å². The molecule has 0 amide bonds. The topological polar surface area (TPSA) is 63.6 Å². The third-order valence-electron chi connectivity index (χ3n) is 2.07. The minimum atomic E-state index is 0.402. The van der Waals surface area contributed by atoms with E-state index >= 15 is 0 Å². The van der Waals surface area contributed by atoms with Gasteiger partial charge in [-0.25, -0.2) is 4.98 Å². The van der Waals surface area contributed by atoms with Crippen molar-refractivity contribution in [3.63, 3.8) is 0 Å². The highest BCUT2D eigenvalue weighted by Gasteiger charge is 1.98. The Labute approximate surface area is 93.9 Å². The largest absolute Gasteiger partial charge is 0.382 e. The lowest BCUT2D eigenvalue weighted by Gasteiger charge is -1.98. The number of nitrogens with zero attached hydrogens (tertiary/aromatic N) is 3. The van der Waals surface area contributed by atoms with Crippen molar-refractivity contribution >= 4 is 17.2 Å². The van der Waals surface area contributed by atoms with Crippen LogP contribution in [0.1, 0.15) is 5.69 Å². The van der Waals surface area contributed by atoms with Gasteiger partial charge in [0.2, 0.25) is 0 Å². The number of aryl methyl sites for hydroxylation is 1. The average molecular weight is 212 g/mol. The summed E-state index contributed by atoms with van der Waals surface area (Å²) in [4.78, 5) is 4.11. The Morgan fingerprint density at radius 2 is 1.75 bits per heavy atom. The maximum Gasteiger partial charge on any atom is 0.151 e. The van der Waals surface area contributed by atoms with Crippen LogP contribution in [0, 0.1) is 6.92 Å². The Hall–Kier alpha value is -2.23. The second kappa shape index (κ2) is 4.53. The second-order valence-corrected chi connectivity index (χ2v) is 3.39. The fourth-order valence-electron chi connectivity index (χ4n) is 1.26. The number of hydrogen-bond acceptors (Lipinski definition) is 4. The Kier molecular flexibility index (Phi) is 2.91. The highest BCUT2D eigenvalue weighted by atomic mass is 15.1. The first-order valence-corrected chi connectivity index (χ1v) is 4.95. The van der Waals surface area contributed by atoms with E-state index in [1.54, 1.807) is 0 Å². The van der Waals surface area contributed by atoms with Crippen molar-refractivity contribution in [1.82, 2.24) is 4.98 Å². The van der Waals surface area contributed by atoms with Crippen LogP contribution < -0.4 is 5.73 Å². The van der Waals surface area contributed by atoms with Gasteiger partial charge in [0.05, 0.1) is 5.69 Å². The molecule has 2 N–H and O–H groups in total. The molecule has 0 aliphatic heterocycles. The van der Waals surface area contributed by atoms with Gasteiger partial charge in [-0.1, -0.05) is 18.2 Å². The van der Waals surface area contributed by atoms with Crippen LogP contribution in [0.15, 0.2) is 52.7 Å². The molecule has 1 aromatic heterocycles. The summed E-state index contributed by atoms with van der Waals surface area (Å²) in [7, 11) is 0. The first kappa shape index (κ1) is 10.3. The lowest BCUT2D eigenvalue weighted by atomic mass is 10.3. The number of rotatable bonds is 2. The number of nitrogen functional groups attached to an aromatic ring is 1. The summed E-state index contributed by atoms with van der Waals surface area (Å²) in [6, 6.07) is 13.2. The van der Waals surface area contributed by atoms with Crippen molar-refractivity contribution < 1.29 is 0 Å². The number of hydrogen-bond donors (Lipinski definition) is 1. The van der Waals surface area contributed by atoms with Gasteiger partial charge in [-0.3, -0.25) is 0 Å². The van der Waals surface area contributed by atoms with Crippen molar-refractivity contribution in [2.45, 2.75) is 6.92 Å². The van der Waals surface area contributed by atoms with E-state index < -0.39 is 0 Å². The van der Waals surface area contributed by atoms with Crippen molar-refractivity contribution in [2.75, 3.05) is 5.73 Å². The van der Waals surface area contributed by atoms with Crippen LogP contribution in [0.25, 0.3) is 0 Å². The van der Waals surface area contributed by atoms with Crippen LogP contribution in [-0.2, 0) is 0 Å². The number of nitrogens with two attached hydrogens (primary N) is 1. The van der Waals surface area contributed by atoms with Gasteiger partial charge in [-0.05, 0) is 31.2 Å². The molecule has 4 nitrogen and oxygen atoms in total. The molecular weight excluding hydrogens is 200 g/mol. The minimum absolute atomic E-state index is 0.402. The summed E-state index contributed by atoms with van der Waals surface area (Å²) in [5, 5.41) is 8.13. The van der Waals surface area contributed by atoms with E-state index in [-0.39, 0.29) is 0 Å². The molecule has 0 fully saturated rings. The molecule has 0 unspecified atom stereocenters. The fraction of sp³-hybridized carbons (Fsp3) is 0.0833. The van der Waals surface area contributed by atoms with Crippen molar-refractivity contribution in [3.8, 4) is 0 Å². The van der Waals surface area contributed by atoms with Gasteiger partial charge in [0, 0.05) is 5.69 Å². The summed E-state index contributed by atoms with van der Waals surface area (Å²) in [6.07, 6.45) is 0. The van der Waals surface area contributed by atoms with Crippen LogP contribution in [0.5, 0.6) is 0 Å². The third-order valence-corrected chi connectivity index (χ3v) is 2.07. The zero-order valence-corrected chi connectivity index (χ0v) is 8.96. The smallest absolute Gasteiger partial charge is 0.151 e. The molecule has 0 spiro atoms. The van der Waals surface area contributed by atoms with E-state index in [4.69, 9.17) is 5.73 Å². The van der Waals surface area contributed by atoms with Gasteiger partial charge in [0.1, 0.15) is 5.69 Å². The summed E-state index contributed by atoms with van der Waals surface area (Å²) in [6.45, 7) is 1.88. The molecule has 0 aliphatic rings. The van der Waals surface area contributed by atoms with Crippen LogP contribution in [-0.4, -0.2) is 4.98 Å². The molecule has 1 heterocycles. The number of aromatic nitrogens is 1. The molecule has 16 heavy (non-hydrogen) atoms. The highest BCUT2D eigenvalue weighted by Crippen LogP contribution is 2.22. The minimum Gasteiger partial charge on any atom is -0.382 e. The van der Waals surface area contributed by atoms with Crippen molar-refractivity contribution in [2.24, 2.45) is 10.2 Å². The molecule has 2 aromatic rings. The molecule has 4 heteroatoms. The predicted molar refractivity (Wildman–Crippen MR) is 64.0 cm³/mol. The summed E-state index contributed by atoms with van der Waals surface area (Å²) >= 11 is 0. The van der Waals surface area contributed by atoms with E-state index in [2.05, 4.69) is 15.2 Å². The van der Waals surface area contributed by atoms with Crippen LogP contribution in [0.4, 0.5) is 17.2 Å². The maximum absolute atomic E-state index is 5.72. The van der Waals surface area contributed by atoms with Gasteiger partial charge in [0.15, 0.2) is 5.82 Å². The van der Waals surface area contributed by atoms with E-state index in [0.717, 1.165) is 11.4 Å². The molecule has 1 aromatic carbocycles. The van der Waals surface area contributed by atoms with Gasteiger partial charge in [-0.15, -0.1) is 5.11 Å². The van der Waals surface area contributed by atoms with E-state index in [1.807, 2.05) is 49.4 Å².